The van der Waals surface area contributed by atoms with Crippen LogP contribution in [0.5, 0.6) is 0 Å². The van der Waals surface area contributed by atoms with Crippen LogP contribution in [0.4, 0.5) is 0 Å². The van der Waals surface area contributed by atoms with Gasteiger partial charge in [-0.25, -0.2) is 4.98 Å². The minimum absolute atomic E-state index is 0.0417. The second-order valence-corrected chi connectivity index (χ2v) is 4.65. The van der Waals surface area contributed by atoms with Crippen LogP contribution in [0.1, 0.15) is 30.8 Å². The molecule has 0 amide bonds. The Morgan fingerprint density at radius 3 is 2.72 bits per heavy atom. The van der Waals surface area contributed by atoms with Gasteiger partial charge in [0.25, 0.3) is 0 Å². The SMILES string of the molecule is CCC(C)(C(=O)c1cnccn1)N1CCOCC1. The van der Waals surface area contributed by atoms with Crippen LogP contribution in [0, 0.1) is 0 Å². The highest BCUT2D eigenvalue weighted by molar-refractivity contribution is 6.01. The van der Waals surface area contributed by atoms with E-state index in [9.17, 15) is 4.79 Å². The average Bonchev–Trinajstić information content (AvgIpc) is 2.47. The molecule has 1 unspecified atom stereocenters. The summed E-state index contributed by atoms with van der Waals surface area (Å²) in [5.41, 5.74) is -0.0758. The van der Waals surface area contributed by atoms with E-state index >= 15 is 0 Å². The maximum atomic E-state index is 12.6. The van der Waals surface area contributed by atoms with Crippen molar-refractivity contribution < 1.29 is 9.53 Å². The molecule has 98 valence electrons. The molecule has 0 N–H and O–H groups in total. The maximum Gasteiger partial charge on any atom is 0.202 e. The van der Waals surface area contributed by atoms with Gasteiger partial charge in [-0.05, 0) is 13.3 Å². The normalized spacial score (nSPS) is 20.3. The number of Topliss-reactive ketones (excluding diaryl/α,β-unsaturated/α-hetero) is 1. The Labute approximate surface area is 107 Å². The number of carbonyl (C=O) groups is 1. The Bertz CT molecular complexity index is 404. The molecule has 5 nitrogen and oxygen atoms in total. The van der Waals surface area contributed by atoms with Gasteiger partial charge in [0, 0.05) is 25.5 Å². The Hall–Kier alpha value is -1.33. The molecular weight excluding hydrogens is 230 g/mol. The fourth-order valence-corrected chi connectivity index (χ4v) is 2.28. The Balaban J connectivity index is 2.23. The summed E-state index contributed by atoms with van der Waals surface area (Å²) in [6.45, 7) is 6.96. The van der Waals surface area contributed by atoms with Crippen molar-refractivity contribution in [2.45, 2.75) is 25.8 Å². The summed E-state index contributed by atoms with van der Waals surface area (Å²) < 4.78 is 5.34. The van der Waals surface area contributed by atoms with Gasteiger partial charge in [-0.2, -0.15) is 0 Å². The molecule has 1 aromatic heterocycles. The van der Waals surface area contributed by atoms with Crippen LogP contribution < -0.4 is 0 Å². The van der Waals surface area contributed by atoms with Crippen LogP contribution in [0.3, 0.4) is 0 Å². The number of nitrogens with zero attached hydrogens (tertiary/aromatic N) is 3. The van der Waals surface area contributed by atoms with Crippen molar-refractivity contribution in [1.82, 2.24) is 14.9 Å². The smallest absolute Gasteiger partial charge is 0.202 e. The molecule has 1 aliphatic rings. The minimum atomic E-state index is -0.514. The van der Waals surface area contributed by atoms with Gasteiger partial charge in [-0.15, -0.1) is 0 Å². The van der Waals surface area contributed by atoms with Crippen molar-refractivity contribution in [3.63, 3.8) is 0 Å². The van der Waals surface area contributed by atoms with Crippen LogP contribution in [-0.2, 0) is 4.74 Å². The highest BCUT2D eigenvalue weighted by Crippen LogP contribution is 2.24. The fraction of sp³-hybridized carbons (Fsp3) is 0.615. The molecule has 0 saturated carbocycles. The first-order chi connectivity index (χ1) is 8.68. The summed E-state index contributed by atoms with van der Waals surface area (Å²) in [6.07, 6.45) is 5.43. The lowest BCUT2D eigenvalue weighted by molar-refractivity contribution is -0.0108. The molecular formula is C13H19N3O2. The maximum absolute atomic E-state index is 12.6. The van der Waals surface area contributed by atoms with E-state index in [1.807, 2.05) is 13.8 Å². The molecule has 0 spiro atoms. The second-order valence-electron chi connectivity index (χ2n) is 4.65. The van der Waals surface area contributed by atoms with Gasteiger partial charge in [0.2, 0.25) is 5.78 Å². The monoisotopic (exact) mass is 249 g/mol. The molecule has 0 radical (unpaired) electrons. The van der Waals surface area contributed by atoms with E-state index in [0.29, 0.717) is 18.9 Å². The molecule has 18 heavy (non-hydrogen) atoms. The van der Waals surface area contributed by atoms with E-state index in [2.05, 4.69) is 14.9 Å². The third-order valence-electron chi connectivity index (χ3n) is 3.68. The lowest BCUT2D eigenvalue weighted by Crippen LogP contribution is -2.56. The highest BCUT2D eigenvalue weighted by atomic mass is 16.5. The Kier molecular flexibility index (Phi) is 4.04. The van der Waals surface area contributed by atoms with E-state index in [4.69, 9.17) is 4.74 Å². The Morgan fingerprint density at radius 1 is 1.44 bits per heavy atom. The van der Waals surface area contributed by atoms with Crippen LogP contribution in [0.15, 0.2) is 18.6 Å². The van der Waals surface area contributed by atoms with Gasteiger partial charge in [0.1, 0.15) is 5.69 Å². The first kappa shape index (κ1) is 13.1. The number of hydrogen-bond donors (Lipinski definition) is 0. The molecule has 2 heterocycles. The largest absolute Gasteiger partial charge is 0.379 e. The molecule has 2 rings (SSSR count). The first-order valence-electron chi connectivity index (χ1n) is 6.32. The zero-order chi connectivity index (χ0) is 13.0. The van der Waals surface area contributed by atoms with Crippen LogP contribution in [-0.4, -0.2) is 52.5 Å². The average molecular weight is 249 g/mol. The number of morpholine rings is 1. The molecule has 0 aromatic carbocycles. The topological polar surface area (TPSA) is 55.3 Å². The zero-order valence-corrected chi connectivity index (χ0v) is 10.9. The van der Waals surface area contributed by atoms with Gasteiger partial charge >= 0.3 is 0 Å². The predicted molar refractivity (Wildman–Crippen MR) is 67.5 cm³/mol. The highest BCUT2D eigenvalue weighted by Gasteiger charge is 2.39. The van der Waals surface area contributed by atoms with Crippen molar-refractivity contribution in [2.24, 2.45) is 0 Å². The molecule has 1 saturated heterocycles. The Morgan fingerprint density at radius 2 is 2.17 bits per heavy atom. The standard InChI is InChI=1S/C13H19N3O2/c1-3-13(2,16-6-8-18-9-7-16)12(17)11-10-14-4-5-15-11/h4-5,10H,3,6-9H2,1-2H3. The van der Waals surface area contributed by atoms with Crippen LogP contribution >= 0.6 is 0 Å². The molecule has 1 aliphatic heterocycles. The summed E-state index contributed by atoms with van der Waals surface area (Å²) in [5.74, 6) is 0.0417. The van der Waals surface area contributed by atoms with Gasteiger partial charge in [-0.3, -0.25) is 14.7 Å². The van der Waals surface area contributed by atoms with Crippen molar-refractivity contribution in [1.29, 1.82) is 0 Å². The molecule has 1 aromatic rings. The van der Waals surface area contributed by atoms with Gasteiger partial charge in [0.15, 0.2) is 0 Å². The van der Waals surface area contributed by atoms with Gasteiger partial charge in [-0.1, -0.05) is 6.92 Å². The van der Waals surface area contributed by atoms with Crippen LogP contribution in [0.2, 0.25) is 0 Å². The van der Waals surface area contributed by atoms with E-state index < -0.39 is 5.54 Å². The predicted octanol–water partition coefficient (Wildman–Crippen LogP) is 1.16. The zero-order valence-electron chi connectivity index (χ0n) is 10.9. The van der Waals surface area contributed by atoms with Gasteiger partial charge < -0.3 is 4.74 Å². The number of ether oxygens (including phenoxy) is 1. The molecule has 1 atom stereocenters. The lowest BCUT2D eigenvalue weighted by Gasteiger charge is -2.41. The molecule has 5 heteroatoms. The van der Waals surface area contributed by atoms with E-state index in [-0.39, 0.29) is 5.78 Å². The molecule has 0 bridgehead atoms. The molecule has 0 aliphatic carbocycles. The summed E-state index contributed by atoms with van der Waals surface area (Å²) in [5, 5.41) is 0. The summed E-state index contributed by atoms with van der Waals surface area (Å²) in [6, 6.07) is 0. The third kappa shape index (κ3) is 2.42. The van der Waals surface area contributed by atoms with Gasteiger partial charge in [0.05, 0.1) is 24.9 Å². The minimum Gasteiger partial charge on any atom is -0.379 e. The second kappa shape index (κ2) is 5.54. The summed E-state index contributed by atoms with van der Waals surface area (Å²) in [7, 11) is 0. The lowest BCUT2D eigenvalue weighted by atomic mass is 9.88. The van der Waals surface area contributed by atoms with Crippen molar-refractivity contribution in [3.05, 3.63) is 24.3 Å². The van der Waals surface area contributed by atoms with E-state index in [1.165, 1.54) is 6.20 Å². The summed E-state index contributed by atoms with van der Waals surface area (Å²) >= 11 is 0. The quantitative estimate of drug-likeness (QED) is 0.749. The van der Waals surface area contributed by atoms with Crippen molar-refractivity contribution in [2.75, 3.05) is 26.3 Å². The number of aromatic nitrogens is 2. The van der Waals surface area contributed by atoms with E-state index in [1.54, 1.807) is 12.4 Å². The fourth-order valence-electron chi connectivity index (χ4n) is 2.28. The molecule has 1 fully saturated rings. The first-order valence-corrected chi connectivity index (χ1v) is 6.32. The number of carbonyl (C=O) groups excluding carboxylic acids is 1. The van der Waals surface area contributed by atoms with E-state index in [0.717, 1.165) is 19.5 Å². The number of hydrogen-bond acceptors (Lipinski definition) is 5. The van der Waals surface area contributed by atoms with Crippen molar-refractivity contribution >= 4 is 5.78 Å². The van der Waals surface area contributed by atoms with Crippen LogP contribution in [0.25, 0.3) is 0 Å². The number of rotatable bonds is 4. The summed E-state index contributed by atoms with van der Waals surface area (Å²) in [4.78, 5) is 22.9. The van der Waals surface area contributed by atoms with Crippen molar-refractivity contribution in [3.8, 4) is 0 Å². The third-order valence-corrected chi connectivity index (χ3v) is 3.68. The number of ketones is 1.